The highest BCUT2D eigenvalue weighted by molar-refractivity contribution is 5.96. The molecule has 174 valence electrons. The molecule has 1 spiro atoms. The van der Waals surface area contributed by atoms with Crippen molar-refractivity contribution in [2.24, 2.45) is 17.3 Å². The smallest absolute Gasteiger partial charge is 0.303 e. The lowest BCUT2D eigenvalue weighted by molar-refractivity contribution is -0.137. The number of aromatic nitrogens is 1. The second-order valence-electron chi connectivity index (χ2n) is 9.14. The number of amides is 1. The van der Waals surface area contributed by atoms with Gasteiger partial charge in [-0.1, -0.05) is 24.3 Å². The summed E-state index contributed by atoms with van der Waals surface area (Å²) in [6, 6.07) is 7.26. The van der Waals surface area contributed by atoms with Crippen molar-refractivity contribution in [3.05, 3.63) is 65.9 Å². The fourth-order valence-electron chi connectivity index (χ4n) is 5.32. The van der Waals surface area contributed by atoms with Gasteiger partial charge in [0.05, 0.1) is 23.9 Å². The third-order valence-corrected chi connectivity index (χ3v) is 7.17. The van der Waals surface area contributed by atoms with E-state index in [2.05, 4.69) is 22.4 Å². The molecule has 3 aliphatic rings. The van der Waals surface area contributed by atoms with Gasteiger partial charge in [0, 0.05) is 36.1 Å². The minimum absolute atomic E-state index is 0.0457. The van der Waals surface area contributed by atoms with Gasteiger partial charge in [0.2, 0.25) is 11.8 Å². The second kappa shape index (κ2) is 8.92. The zero-order valence-electron chi connectivity index (χ0n) is 18.6. The van der Waals surface area contributed by atoms with Gasteiger partial charge < -0.3 is 19.6 Å². The van der Waals surface area contributed by atoms with Gasteiger partial charge in [-0.25, -0.2) is 4.98 Å². The van der Waals surface area contributed by atoms with Crippen molar-refractivity contribution in [3.63, 3.8) is 0 Å². The number of anilines is 1. The van der Waals surface area contributed by atoms with Crippen LogP contribution in [-0.4, -0.2) is 34.7 Å². The van der Waals surface area contributed by atoms with Crippen LogP contribution in [0.2, 0.25) is 0 Å². The SMILES string of the molecule is N#Cc1ccc(CCCC(=O)O)c(NC(=O)[C@@H]2CC23CCOC2C=CC(c4ncco4)=CC23)c1. The standard InChI is InChI=1S/C26H25N3O5/c27-15-16-4-5-17(2-1-3-23(30)31)21(12-16)29-24(32)20-14-26(20)8-10-33-22-7-6-18(13-19(22)26)25-28-9-11-34-25/h4-7,9,11-13,19-20,22H,1-3,8,10,14H2,(H,29,32)(H,30,31)/t19?,20-,22?,26?/m0/s1. The number of fused-ring (bicyclic) bond motifs is 2. The normalized spacial score (nSPS) is 26.9. The van der Waals surface area contributed by atoms with E-state index >= 15 is 0 Å². The van der Waals surface area contributed by atoms with Crippen LogP contribution in [0, 0.1) is 28.6 Å². The zero-order valence-corrected chi connectivity index (χ0v) is 18.6. The molecule has 1 amide bonds. The number of oxazole rings is 1. The summed E-state index contributed by atoms with van der Waals surface area (Å²) in [5, 5.41) is 21.3. The summed E-state index contributed by atoms with van der Waals surface area (Å²) in [5.41, 5.74) is 2.57. The first-order chi connectivity index (χ1) is 16.5. The highest BCUT2D eigenvalue weighted by atomic mass is 16.5. The monoisotopic (exact) mass is 459 g/mol. The number of carbonyl (C=O) groups is 2. The number of nitrogens with one attached hydrogen (secondary N) is 1. The van der Waals surface area contributed by atoms with Crippen molar-refractivity contribution >= 4 is 23.1 Å². The fraction of sp³-hybridized carbons (Fsp3) is 0.385. The van der Waals surface area contributed by atoms with E-state index in [9.17, 15) is 14.9 Å². The number of nitriles is 1. The number of hydrogen-bond acceptors (Lipinski definition) is 6. The summed E-state index contributed by atoms with van der Waals surface area (Å²) in [7, 11) is 0. The topological polar surface area (TPSA) is 125 Å². The van der Waals surface area contributed by atoms with Crippen LogP contribution in [0.4, 0.5) is 5.69 Å². The lowest BCUT2D eigenvalue weighted by Gasteiger charge is -2.38. The summed E-state index contributed by atoms with van der Waals surface area (Å²) in [6.45, 7) is 0.599. The Morgan fingerprint density at radius 1 is 1.35 bits per heavy atom. The van der Waals surface area contributed by atoms with E-state index in [4.69, 9.17) is 14.3 Å². The van der Waals surface area contributed by atoms with Crippen LogP contribution in [0.1, 0.15) is 42.7 Å². The number of benzene rings is 1. The highest BCUT2D eigenvalue weighted by Crippen LogP contribution is 2.64. The van der Waals surface area contributed by atoms with Gasteiger partial charge >= 0.3 is 5.97 Å². The number of rotatable bonds is 7. The Labute approximate surface area is 196 Å². The molecular formula is C26H25N3O5. The van der Waals surface area contributed by atoms with Gasteiger partial charge in [-0.05, 0) is 48.8 Å². The second-order valence-corrected chi connectivity index (χ2v) is 9.14. The lowest BCUT2D eigenvalue weighted by atomic mass is 9.75. The number of nitrogens with zero attached hydrogens (tertiary/aromatic N) is 2. The molecule has 5 rings (SSSR count). The van der Waals surface area contributed by atoms with Crippen molar-refractivity contribution in [1.29, 1.82) is 5.26 Å². The highest BCUT2D eigenvalue weighted by Gasteiger charge is 2.64. The molecule has 2 fully saturated rings. The Hall–Kier alpha value is -3.70. The molecule has 1 saturated heterocycles. The molecule has 2 aromatic rings. The summed E-state index contributed by atoms with van der Waals surface area (Å²) < 4.78 is 11.4. The molecule has 0 bridgehead atoms. The summed E-state index contributed by atoms with van der Waals surface area (Å²) >= 11 is 0. The van der Waals surface area contributed by atoms with Crippen molar-refractivity contribution in [3.8, 4) is 6.07 Å². The predicted molar refractivity (Wildman–Crippen MR) is 122 cm³/mol. The number of ether oxygens (including phenoxy) is 1. The van der Waals surface area contributed by atoms with Crippen LogP contribution in [-0.2, 0) is 20.7 Å². The van der Waals surface area contributed by atoms with Gasteiger partial charge in [0.15, 0.2) is 0 Å². The van der Waals surface area contributed by atoms with E-state index < -0.39 is 5.97 Å². The van der Waals surface area contributed by atoms with E-state index in [1.165, 1.54) is 0 Å². The summed E-state index contributed by atoms with van der Waals surface area (Å²) in [4.78, 5) is 28.5. The minimum atomic E-state index is -0.855. The van der Waals surface area contributed by atoms with Gasteiger partial charge in [-0.2, -0.15) is 5.26 Å². The van der Waals surface area contributed by atoms with Gasteiger partial charge in [-0.15, -0.1) is 0 Å². The maximum absolute atomic E-state index is 13.4. The van der Waals surface area contributed by atoms with Crippen molar-refractivity contribution in [2.75, 3.05) is 11.9 Å². The van der Waals surface area contributed by atoms with Crippen LogP contribution >= 0.6 is 0 Å². The molecule has 34 heavy (non-hydrogen) atoms. The van der Waals surface area contributed by atoms with Crippen LogP contribution in [0.3, 0.4) is 0 Å². The Morgan fingerprint density at radius 2 is 2.24 bits per heavy atom. The molecule has 3 unspecified atom stereocenters. The average Bonchev–Trinajstić information content (AvgIpc) is 3.28. The number of carboxylic acid groups (broad SMARTS) is 1. The van der Waals surface area contributed by atoms with Gasteiger partial charge in [-0.3, -0.25) is 9.59 Å². The average molecular weight is 460 g/mol. The Bertz CT molecular complexity index is 1210. The van der Waals surface area contributed by atoms with Crippen LogP contribution in [0.5, 0.6) is 0 Å². The van der Waals surface area contributed by atoms with Crippen molar-refractivity contribution in [2.45, 2.75) is 38.2 Å². The van der Waals surface area contributed by atoms with Gasteiger partial charge in [0.1, 0.15) is 6.26 Å². The van der Waals surface area contributed by atoms with E-state index in [1.54, 1.807) is 30.7 Å². The van der Waals surface area contributed by atoms with Crippen LogP contribution in [0.25, 0.3) is 5.57 Å². The first-order valence-electron chi connectivity index (χ1n) is 11.5. The predicted octanol–water partition coefficient (Wildman–Crippen LogP) is 3.96. The van der Waals surface area contributed by atoms with Gasteiger partial charge in [0.25, 0.3) is 0 Å². The minimum Gasteiger partial charge on any atom is -0.481 e. The number of carboxylic acids is 1. The molecule has 4 atom stereocenters. The molecule has 8 heteroatoms. The maximum atomic E-state index is 13.4. The molecule has 2 N–H and O–H groups in total. The lowest BCUT2D eigenvalue weighted by Crippen LogP contribution is -2.39. The van der Waals surface area contributed by atoms with Crippen molar-refractivity contribution in [1.82, 2.24) is 4.98 Å². The number of aliphatic carboxylic acids is 1. The number of carbonyl (C=O) groups excluding carboxylic acids is 1. The zero-order chi connectivity index (χ0) is 23.7. The summed E-state index contributed by atoms with van der Waals surface area (Å²) in [5.74, 6) is -0.501. The van der Waals surface area contributed by atoms with Crippen molar-refractivity contribution < 1.29 is 23.8 Å². The first kappa shape index (κ1) is 22.1. The first-order valence-corrected chi connectivity index (χ1v) is 11.5. The largest absolute Gasteiger partial charge is 0.481 e. The summed E-state index contributed by atoms with van der Waals surface area (Å²) in [6.07, 6.45) is 11.7. The number of allylic oxidation sites excluding steroid dienone is 2. The molecule has 1 aromatic carbocycles. The maximum Gasteiger partial charge on any atom is 0.303 e. The molecule has 8 nitrogen and oxygen atoms in total. The van der Waals surface area contributed by atoms with Crippen LogP contribution < -0.4 is 5.32 Å². The Kier molecular flexibility index (Phi) is 5.80. The molecule has 0 radical (unpaired) electrons. The Morgan fingerprint density at radius 3 is 3.00 bits per heavy atom. The van der Waals surface area contributed by atoms with E-state index in [0.717, 1.165) is 24.0 Å². The van der Waals surface area contributed by atoms with Crippen LogP contribution in [0.15, 0.2) is 53.3 Å². The quantitative estimate of drug-likeness (QED) is 0.642. The molecular weight excluding hydrogens is 434 g/mol. The molecule has 2 aliphatic carbocycles. The molecule has 1 aromatic heterocycles. The molecule has 2 heterocycles. The third kappa shape index (κ3) is 4.15. The Balaban J connectivity index is 1.34. The number of hydrogen-bond donors (Lipinski definition) is 2. The fourth-order valence-corrected chi connectivity index (χ4v) is 5.32. The van der Waals surface area contributed by atoms with E-state index in [-0.39, 0.29) is 35.7 Å². The van der Waals surface area contributed by atoms with E-state index in [1.807, 2.05) is 12.2 Å². The number of aryl methyl sites for hydroxylation is 1. The molecule has 1 aliphatic heterocycles. The molecule has 1 saturated carbocycles. The van der Waals surface area contributed by atoms with E-state index in [0.29, 0.717) is 36.6 Å². The third-order valence-electron chi connectivity index (χ3n) is 7.17.